The van der Waals surface area contributed by atoms with E-state index in [1.807, 2.05) is 57.2 Å². The number of rotatable bonds is 8. The second-order valence-corrected chi connectivity index (χ2v) is 7.91. The molecule has 1 atom stereocenters. The number of carbonyl (C=O) groups excluding carboxylic acids is 2. The highest BCUT2D eigenvalue weighted by Gasteiger charge is 2.26. The molecule has 0 bridgehead atoms. The van der Waals surface area contributed by atoms with Crippen LogP contribution in [0.3, 0.4) is 0 Å². The molecule has 2 aromatic carbocycles. The van der Waals surface area contributed by atoms with Gasteiger partial charge in [0.1, 0.15) is 6.04 Å². The number of nitrogens with one attached hydrogen (secondary N) is 1. The van der Waals surface area contributed by atoms with Crippen molar-refractivity contribution in [3.63, 3.8) is 0 Å². The van der Waals surface area contributed by atoms with Gasteiger partial charge in [0.05, 0.1) is 0 Å². The highest BCUT2D eigenvalue weighted by molar-refractivity contribution is 6.30. The molecule has 1 N–H and O–H groups in total. The van der Waals surface area contributed by atoms with E-state index >= 15 is 0 Å². The Morgan fingerprint density at radius 1 is 0.964 bits per heavy atom. The van der Waals surface area contributed by atoms with E-state index in [0.717, 1.165) is 11.1 Å². The zero-order valence-electron chi connectivity index (χ0n) is 17.0. The van der Waals surface area contributed by atoms with E-state index < -0.39 is 6.04 Å². The Morgan fingerprint density at radius 3 is 2.11 bits per heavy atom. The van der Waals surface area contributed by atoms with Crippen LogP contribution in [-0.4, -0.2) is 28.8 Å². The fourth-order valence-electron chi connectivity index (χ4n) is 2.92. The lowest BCUT2D eigenvalue weighted by Gasteiger charge is -2.29. The number of hydrogen-bond acceptors (Lipinski definition) is 2. The molecule has 4 nitrogen and oxygen atoms in total. The van der Waals surface area contributed by atoms with Gasteiger partial charge in [-0.25, -0.2) is 0 Å². The van der Waals surface area contributed by atoms with Gasteiger partial charge in [-0.15, -0.1) is 0 Å². The molecule has 0 radical (unpaired) electrons. The molecule has 5 heteroatoms. The highest BCUT2D eigenvalue weighted by Crippen LogP contribution is 2.16. The lowest BCUT2D eigenvalue weighted by atomic mass is 10.1. The number of halogens is 1. The van der Waals surface area contributed by atoms with Gasteiger partial charge in [0.25, 0.3) is 0 Å². The van der Waals surface area contributed by atoms with Crippen LogP contribution in [0.5, 0.6) is 0 Å². The van der Waals surface area contributed by atoms with Crippen LogP contribution < -0.4 is 5.32 Å². The fraction of sp³-hybridized carbons (Fsp3) is 0.391. The van der Waals surface area contributed by atoms with Gasteiger partial charge in [-0.3, -0.25) is 9.59 Å². The van der Waals surface area contributed by atoms with Crippen LogP contribution in [-0.2, 0) is 22.6 Å². The Hall–Kier alpha value is -2.33. The minimum atomic E-state index is -0.552. The van der Waals surface area contributed by atoms with E-state index in [1.165, 1.54) is 5.56 Å². The quantitative estimate of drug-likeness (QED) is 0.708. The third-order valence-corrected chi connectivity index (χ3v) is 4.86. The van der Waals surface area contributed by atoms with E-state index in [9.17, 15) is 9.59 Å². The Labute approximate surface area is 172 Å². The van der Waals surface area contributed by atoms with Gasteiger partial charge in [-0.2, -0.15) is 0 Å². The first kappa shape index (κ1) is 22.0. The van der Waals surface area contributed by atoms with E-state index in [2.05, 4.69) is 5.32 Å². The van der Waals surface area contributed by atoms with E-state index in [-0.39, 0.29) is 17.9 Å². The molecule has 0 fully saturated rings. The maximum Gasteiger partial charge on any atom is 0.242 e. The van der Waals surface area contributed by atoms with Crippen molar-refractivity contribution in [1.82, 2.24) is 10.2 Å². The van der Waals surface area contributed by atoms with Crippen molar-refractivity contribution >= 4 is 23.4 Å². The first-order valence-electron chi connectivity index (χ1n) is 9.66. The average molecular weight is 401 g/mol. The summed E-state index contributed by atoms with van der Waals surface area (Å²) < 4.78 is 0. The highest BCUT2D eigenvalue weighted by atomic mass is 35.5. The van der Waals surface area contributed by atoms with Crippen molar-refractivity contribution in [2.24, 2.45) is 0 Å². The average Bonchev–Trinajstić information content (AvgIpc) is 2.65. The Balaban J connectivity index is 2.12. The van der Waals surface area contributed by atoms with Crippen LogP contribution in [0, 0.1) is 6.92 Å². The Kier molecular flexibility index (Phi) is 8.06. The monoisotopic (exact) mass is 400 g/mol. The molecule has 0 saturated carbocycles. The van der Waals surface area contributed by atoms with Gasteiger partial charge in [-0.05, 0) is 57.4 Å². The summed E-state index contributed by atoms with van der Waals surface area (Å²) in [6, 6.07) is 15.0. The Morgan fingerprint density at radius 2 is 1.54 bits per heavy atom. The third-order valence-electron chi connectivity index (χ3n) is 4.61. The number of hydrogen-bond donors (Lipinski definition) is 1. The molecule has 0 aromatic heterocycles. The van der Waals surface area contributed by atoms with Crippen LogP contribution in [0.25, 0.3) is 0 Å². The zero-order chi connectivity index (χ0) is 20.7. The van der Waals surface area contributed by atoms with E-state index in [0.29, 0.717) is 24.4 Å². The van der Waals surface area contributed by atoms with Crippen LogP contribution in [0.4, 0.5) is 0 Å². The summed E-state index contributed by atoms with van der Waals surface area (Å²) in [6.45, 7) is 8.01. The molecule has 2 aromatic rings. The van der Waals surface area contributed by atoms with Crippen LogP contribution in [0.2, 0.25) is 5.02 Å². The number of amides is 2. The molecule has 0 heterocycles. The molecular formula is C23H29ClN2O2. The summed E-state index contributed by atoms with van der Waals surface area (Å²) >= 11 is 5.97. The molecule has 28 heavy (non-hydrogen) atoms. The molecule has 2 rings (SSSR count). The van der Waals surface area contributed by atoms with E-state index in [1.54, 1.807) is 24.0 Å². The minimum Gasteiger partial charge on any atom is -0.352 e. The van der Waals surface area contributed by atoms with Crippen molar-refractivity contribution in [1.29, 1.82) is 0 Å². The van der Waals surface area contributed by atoms with Gasteiger partial charge in [0.2, 0.25) is 11.8 Å². The lowest BCUT2D eigenvalue weighted by molar-refractivity contribution is -0.140. The van der Waals surface area contributed by atoms with Gasteiger partial charge < -0.3 is 10.2 Å². The van der Waals surface area contributed by atoms with E-state index in [4.69, 9.17) is 11.6 Å². The summed E-state index contributed by atoms with van der Waals surface area (Å²) in [5.74, 6) is -0.186. The number of aryl methyl sites for hydroxylation is 2. The van der Waals surface area contributed by atoms with Gasteiger partial charge in [-0.1, -0.05) is 53.6 Å². The summed E-state index contributed by atoms with van der Waals surface area (Å²) in [5, 5.41) is 3.54. The third kappa shape index (κ3) is 6.68. The van der Waals surface area contributed by atoms with Crippen LogP contribution in [0.15, 0.2) is 48.5 Å². The Bertz CT molecular complexity index is 785. The molecule has 0 aliphatic heterocycles. The first-order chi connectivity index (χ1) is 13.3. The largest absolute Gasteiger partial charge is 0.352 e. The van der Waals surface area contributed by atoms with Gasteiger partial charge in [0.15, 0.2) is 0 Å². The van der Waals surface area contributed by atoms with Crippen molar-refractivity contribution in [2.75, 3.05) is 0 Å². The topological polar surface area (TPSA) is 49.4 Å². The molecule has 0 aliphatic carbocycles. The van der Waals surface area contributed by atoms with Crippen LogP contribution >= 0.6 is 11.6 Å². The normalized spacial score (nSPS) is 11.9. The van der Waals surface area contributed by atoms with Gasteiger partial charge in [0, 0.05) is 24.0 Å². The number of carbonyl (C=O) groups is 2. The summed E-state index contributed by atoms with van der Waals surface area (Å²) in [4.78, 5) is 27.2. The molecule has 0 aliphatic rings. The maximum absolute atomic E-state index is 13.0. The fourth-order valence-corrected chi connectivity index (χ4v) is 3.05. The predicted molar refractivity (Wildman–Crippen MR) is 114 cm³/mol. The molecule has 150 valence electrons. The molecule has 2 amide bonds. The maximum atomic E-state index is 13.0. The summed E-state index contributed by atoms with van der Waals surface area (Å²) in [6.07, 6.45) is 1.00. The minimum absolute atomic E-state index is 0.0231. The van der Waals surface area contributed by atoms with Gasteiger partial charge >= 0.3 is 0 Å². The molecule has 0 spiro atoms. The van der Waals surface area contributed by atoms with Crippen molar-refractivity contribution in [3.8, 4) is 0 Å². The standard InChI is InChI=1S/C23H29ClN2O2/c1-16(2)25-23(28)18(4)26(15-20-9-12-21(24)13-10-20)22(27)14-11-19-7-5-17(3)6-8-19/h5-10,12-13,16,18H,11,14-15H2,1-4H3,(H,25,28). The predicted octanol–water partition coefficient (Wildman–Crippen LogP) is 4.52. The molecular weight excluding hydrogens is 372 g/mol. The second-order valence-electron chi connectivity index (χ2n) is 7.47. The smallest absolute Gasteiger partial charge is 0.242 e. The summed E-state index contributed by atoms with van der Waals surface area (Å²) in [7, 11) is 0. The van der Waals surface area contributed by atoms with Crippen LogP contribution in [0.1, 0.15) is 43.9 Å². The second kappa shape index (κ2) is 10.3. The first-order valence-corrected chi connectivity index (χ1v) is 10.0. The number of benzene rings is 2. The SMILES string of the molecule is Cc1ccc(CCC(=O)N(Cc2ccc(Cl)cc2)C(C)C(=O)NC(C)C)cc1. The van der Waals surface area contributed by atoms with Crippen molar-refractivity contribution < 1.29 is 9.59 Å². The molecule has 0 saturated heterocycles. The molecule has 1 unspecified atom stereocenters. The number of nitrogens with zero attached hydrogens (tertiary/aromatic N) is 1. The lowest BCUT2D eigenvalue weighted by Crippen LogP contribution is -2.49. The van der Waals surface area contributed by atoms with Crippen molar-refractivity contribution in [3.05, 3.63) is 70.2 Å². The zero-order valence-corrected chi connectivity index (χ0v) is 17.8. The summed E-state index contributed by atoms with van der Waals surface area (Å²) in [5.41, 5.74) is 3.25. The van der Waals surface area contributed by atoms with Crippen molar-refractivity contribution in [2.45, 2.75) is 59.2 Å².